The van der Waals surface area contributed by atoms with Crippen LogP contribution in [0.2, 0.25) is 0 Å². The number of imide groups is 1. The Labute approximate surface area is 192 Å². The summed E-state index contributed by atoms with van der Waals surface area (Å²) < 4.78 is 5.42. The lowest BCUT2D eigenvalue weighted by atomic mass is 10.1. The Balaban J connectivity index is 1.70. The van der Waals surface area contributed by atoms with Crippen LogP contribution < -0.4 is 15.4 Å². The molecule has 2 N–H and O–H groups in total. The number of carbonyl (C=O) groups excluding carboxylic acids is 2. The molecule has 7 nitrogen and oxygen atoms in total. The number of nitrogens with two attached hydrogens (primary N) is 1. The highest BCUT2D eigenvalue weighted by atomic mass is 32.2. The third-order valence-corrected chi connectivity index (χ3v) is 5.89. The van der Waals surface area contributed by atoms with Crippen LogP contribution >= 0.6 is 11.8 Å². The fourth-order valence-electron chi connectivity index (χ4n) is 3.33. The van der Waals surface area contributed by atoms with Crippen molar-refractivity contribution in [3.8, 4) is 5.75 Å². The number of hydrogen-bond donors (Lipinski definition) is 1. The van der Waals surface area contributed by atoms with Crippen LogP contribution in [0, 0.1) is 0 Å². The lowest BCUT2D eigenvalue weighted by Gasteiger charge is -2.15. The molecule has 0 spiro atoms. The van der Waals surface area contributed by atoms with Gasteiger partial charge in [0.05, 0.1) is 18.0 Å². The standard InChI is InChI=1S/C24H28N4O3S/c1-3-5-11-20(17-9-7-6-8-10-17)26-27-24(25)32-21-16-22(29)28(23(21)30)18-12-14-19(15-13-18)31-4-2/h6-10,12-15,21H,3-5,11,16H2,1-2H3,(H2,25,27)/b26-20+. The molecule has 1 atom stereocenters. The van der Waals surface area contributed by atoms with E-state index in [-0.39, 0.29) is 23.4 Å². The molecule has 1 heterocycles. The van der Waals surface area contributed by atoms with Crippen LogP contribution in [-0.4, -0.2) is 34.6 Å². The molecule has 1 fully saturated rings. The first-order chi connectivity index (χ1) is 15.5. The average molecular weight is 453 g/mol. The third kappa shape index (κ3) is 5.97. The van der Waals surface area contributed by atoms with Gasteiger partial charge in [-0.05, 0) is 49.6 Å². The Morgan fingerprint density at radius 2 is 1.81 bits per heavy atom. The van der Waals surface area contributed by atoms with E-state index in [0.717, 1.165) is 42.3 Å². The molecule has 0 saturated carbocycles. The molecule has 3 rings (SSSR count). The van der Waals surface area contributed by atoms with Crippen LogP contribution in [0.3, 0.4) is 0 Å². The number of amidine groups is 1. The summed E-state index contributed by atoms with van der Waals surface area (Å²) in [7, 11) is 0. The second-order valence-corrected chi connectivity index (χ2v) is 8.48. The Morgan fingerprint density at radius 3 is 2.47 bits per heavy atom. The summed E-state index contributed by atoms with van der Waals surface area (Å²) in [5.41, 5.74) is 8.42. The minimum atomic E-state index is -0.621. The van der Waals surface area contributed by atoms with E-state index in [0.29, 0.717) is 18.0 Å². The number of nitrogens with zero attached hydrogens (tertiary/aromatic N) is 3. The fourth-order valence-corrected chi connectivity index (χ4v) is 4.14. The van der Waals surface area contributed by atoms with Crippen LogP contribution in [-0.2, 0) is 9.59 Å². The van der Waals surface area contributed by atoms with Crippen molar-refractivity contribution in [2.45, 2.75) is 44.8 Å². The highest BCUT2D eigenvalue weighted by molar-refractivity contribution is 8.14. The number of carbonyl (C=O) groups is 2. The summed E-state index contributed by atoms with van der Waals surface area (Å²) in [5.74, 6) is 0.120. The first-order valence-corrected chi connectivity index (χ1v) is 11.6. The number of amides is 2. The normalized spacial score (nSPS) is 17.2. The summed E-state index contributed by atoms with van der Waals surface area (Å²) in [6, 6.07) is 16.7. The smallest absolute Gasteiger partial charge is 0.247 e. The molecule has 32 heavy (non-hydrogen) atoms. The molecule has 1 aliphatic heterocycles. The lowest BCUT2D eigenvalue weighted by Crippen LogP contribution is -2.31. The van der Waals surface area contributed by atoms with Crippen LogP contribution in [0.25, 0.3) is 0 Å². The van der Waals surface area contributed by atoms with Gasteiger partial charge >= 0.3 is 0 Å². The van der Waals surface area contributed by atoms with Gasteiger partial charge in [0.2, 0.25) is 11.8 Å². The van der Waals surface area contributed by atoms with Crippen molar-refractivity contribution in [1.82, 2.24) is 0 Å². The molecular formula is C24H28N4O3S. The van der Waals surface area contributed by atoms with Gasteiger partial charge < -0.3 is 10.5 Å². The highest BCUT2D eigenvalue weighted by Gasteiger charge is 2.40. The molecule has 0 radical (unpaired) electrons. The van der Waals surface area contributed by atoms with Gasteiger partial charge in [0.1, 0.15) is 11.0 Å². The number of ether oxygens (including phenoxy) is 1. The van der Waals surface area contributed by atoms with Gasteiger partial charge in [-0.1, -0.05) is 55.4 Å². The molecule has 0 aromatic heterocycles. The monoisotopic (exact) mass is 452 g/mol. The average Bonchev–Trinajstić information content (AvgIpc) is 3.08. The quantitative estimate of drug-likeness (QED) is 0.264. The van der Waals surface area contributed by atoms with Crippen LogP contribution in [0.5, 0.6) is 5.75 Å². The predicted octanol–water partition coefficient (Wildman–Crippen LogP) is 4.36. The third-order valence-electron chi connectivity index (χ3n) is 4.92. The Bertz CT molecular complexity index is 990. The maximum absolute atomic E-state index is 12.9. The van der Waals surface area contributed by atoms with E-state index in [1.807, 2.05) is 37.3 Å². The van der Waals surface area contributed by atoms with E-state index in [9.17, 15) is 9.59 Å². The van der Waals surface area contributed by atoms with E-state index < -0.39 is 5.25 Å². The first-order valence-electron chi connectivity index (χ1n) is 10.7. The van der Waals surface area contributed by atoms with E-state index >= 15 is 0 Å². The zero-order valence-corrected chi connectivity index (χ0v) is 19.2. The summed E-state index contributed by atoms with van der Waals surface area (Å²) in [6.07, 6.45) is 2.88. The summed E-state index contributed by atoms with van der Waals surface area (Å²) in [6.45, 7) is 4.56. The molecule has 8 heteroatoms. The summed E-state index contributed by atoms with van der Waals surface area (Å²) in [5, 5.41) is 8.05. The predicted molar refractivity (Wildman–Crippen MR) is 130 cm³/mol. The number of benzene rings is 2. The molecule has 168 valence electrons. The lowest BCUT2D eigenvalue weighted by molar-refractivity contribution is -0.121. The topological polar surface area (TPSA) is 97.3 Å². The van der Waals surface area contributed by atoms with Gasteiger partial charge in [-0.2, -0.15) is 5.10 Å². The van der Waals surface area contributed by atoms with Crippen molar-refractivity contribution < 1.29 is 14.3 Å². The van der Waals surface area contributed by atoms with Gasteiger partial charge in [-0.15, -0.1) is 5.10 Å². The number of thioether (sulfide) groups is 1. The number of hydrogen-bond acceptors (Lipinski definition) is 6. The summed E-state index contributed by atoms with van der Waals surface area (Å²) in [4.78, 5) is 26.6. The molecule has 1 unspecified atom stereocenters. The molecular weight excluding hydrogens is 424 g/mol. The highest BCUT2D eigenvalue weighted by Crippen LogP contribution is 2.30. The van der Waals surface area contributed by atoms with Crippen molar-refractivity contribution in [2.75, 3.05) is 11.5 Å². The van der Waals surface area contributed by atoms with Gasteiger partial charge in [-0.3, -0.25) is 9.59 Å². The van der Waals surface area contributed by atoms with Crippen molar-refractivity contribution >= 4 is 40.1 Å². The Morgan fingerprint density at radius 1 is 1.09 bits per heavy atom. The van der Waals surface area contributed by atoms with Gasteiger partial charge in [0.25, 0.3) is 0 Å². The Hall–Kier alpha value is -3.13. The van der Waals surface area contributed by atoms with E-state index in [1.54, 1.807) is 24.3 Å². The van der Waals surface area contributed by atoms with Gasteiger partial charge in [-0.25, -0.2) is 4.90 Å². The van der Waals surface area contributed by atoms with Crippen molar-refractivity contribution in [2.24, 2.45) is 15.9 Å². The zero-order chi connectivity index (χ0) is 22.9. The first kappa shape index (κ1) is 23.5. The van der Waals surface area contributed by atoms with Crippen LogP contribution in [0.15, 0.2) is 64.8 Å². The summed E-state index contributed by atoms with van der Waals surface area (Å²) >= 11 is 1.07. The molecule has 0 aliphatic carbocycles. The van der Waals surface area contributed by atoms with E-state index in [1.165, 1.54) is 4.90 Å². The maximum Gasteiger partial charge on any atom is 0.247 e. The molecule has 2 aromatic rings. The SMILES string of the molecule is CCCC/C(=N\N=C(/N)SC1CC(=O)N(c2ccc(OCC)cc2)C1=O)c1ccccc1. The minimum absolute atomic E-state index is 0.0675. The molecule has 1 saturated heterocycles. The van der Waals surface area contributed by atoms with Gasteiger partial charge in [0.15, 0.2) is 5.17 Å². The van der Waals surface area contributed by atoms with Gasteiger partial charge in [0, 0.05) is 6.42 Å². The second-order valence-electron chi connectivity index (χ2n) is 7.26. The second kappa shape index (κ2) is 11.5. The number of anilines is 1. The molecule has 0 bridgehead atoms. The van der Waals surface area contributed by atoms with E-state index in [2.05, 4.69) is 17.1 Å². The zero-order valence-electron chi connectivity index (χ0n) is 18.4. The fraction of sp³-hybridized carbons (Fsp3) is 0.333. The van der Waals surface area contributed by atoms with Crippen molar-refractivity contribution in [3.63, 3.8) is 0 Å². The molecule has 2 amide bonds. The number of unbranched alkanes of at least 4 members (excludes halogenated alkanes) is 1. The van der Waals surface area contributed by atoms with E-state index in [4.69, 9.17) is 10.5 Å². The molecule has 1 aliphatic rings. The Kier molecular flexibility index (Phi) is 8.44. The largest absolute Gasteiger partial charge is 0.494 e. The van der Waals surface area contributed by atoms with Crippen molar-refractivity contribution in [3.05, 3.63) is 60.2 Å². The molecule has 2 aromatic carbocycles. The van der Waals surface area contributed by atoms with Crippen molar-refractivity contribution in [1.29, 1.82) is 0 Å². The maximum atomic E-state index is 12.9. The van der Waals surface area contributed by atoms with Crippen LogP contribution in [0.1, 0.15) is 45.1 Å². The minimum Gasteiger partial charge on any atom is -0.494 e. The number of rotatable bonds is 9. The van der Waals surface area contributed by atoms with Crippen LogP contribution in [0.4, 0.5) is 5.69 Å².